The third-order valence-electron chi connectivity index (χ3n) is 5.15. The number of anilines is 1. The molecule has 2 nitrogen and oxygen atoms in total. The second-order valence-electron chi connectivity index (χ2n) is 7.12. The van der Waals surface area contributed by atoms with Crippen LogP contribution in [0.3, 0.4) is 0 Å². The summed E-state index contributed by atoms with van der Waals surface area (Å²) in [5.74, 6) is 2.97. The Labute approximate surface area is 129 Å². The van der Waals surface area contributed by atoms with Crippen LogP contribution in [0, 0.1) is 11.8 Å². The molecule has 0 amide bonds. The maximum atomic E-state index is 5.93. The number of fused-ring (bicyclic) bond motifs is 1. The van der Waals surface area contributed by atoms with Crippen molar-refractivity contribution in [2.24, 2.45) is 11.8 Å². The van der Waals surface area contributed by atoms with E-state index in [1.165, 1.54) is 50.6 Å². The van der Waals surface area contributed by atoms with Gasteiger partial charge in [0.25, 0.3) is 0 Å². The van der Waals surface area contributed by atoms with E-state index < -0.39 is 0 Å². The first kappa shape index (κ1) is 14.7. The highest BCUT2D eigenvalue weighted by Crippen LogP contribution is 2.41. The number of para-hydroxylation sites is 2. The molecule has 0 saturated heterocycles. The van der Waals surface area contributed by atoms with Crippen LogP contribution in [-0.2, 0) is 0 Å². The molecule has 0 aliphatic heterocycles. The summed E-state index contributed by atoms with van der Waals surface area (Å²) in [5, 5.41) is 3.76. The molecule has 1 N–H and O–H groups in total. The van der Waals surface area contributed by atoms with E-state index in [9.17, 15) is 0 Å². The van der Waals surface area contributed by atoms with Gasteiger partial charge in [0.05, 0.1) is 11.8 Å². The highest BCUT2D eigenvalue weighted by molar-refractivity contribution is 5.56. The first-order valence-corrected chi connectivity index (χ1v) is 8.74. The molecule has 1 aromatic carbocycles. The lowest BCUT2D eigenvalue weighted by Crippen LogP contribution is -2.34. The van der Waals surface area contributed by atoms with Gasteiger partial charge in [-0.15, -0.1) is 0 Å². The number of benzene rings is 1. The van der Waals surface area contributed by atoms with E-state index in [0.717, 1.165) is 17.6 Å². The fourth-order valence-electron chi connectivity index (χ4n) is 4.17. The maximum Gasteiger partial charge on any atom is 0.142 e. The van der Waals surface area contributed by atoms with E-state index in [1.54, 1.807) is 0 Å². The Morgan fingerprint density at radius 3 is 2.57 bits per heavy atom. The van der Waals surface area contributed by atoms with Gasteiger partial charge in [0.2, 0.25) is 0 Å². The predicted molar refractivity (Wildman–Crippen MR) is 88.9 cm³/mol. The molecule has 2 heteroatoms. The summed E-state index contributed by atoms with van der Waals surface area (Å²) in [4.78, 5) is 0. The van der Waals surface area contributed by atoms with Crippen LogP contribution in [0.25, 0.3) is 0 Å². The van der Waals surface area contributed by atoms with Gasteiger partial charge in [-0.05, 0) is 57.1 Å². The molecule has 2 saturated carbocycles. The molecular formula is C19H29NO. The largest absolute Gasteiger partial charge is 0.489 e. The molecule has 3 atom stereocenters. The third-order valence-corrected chi connectivity index (χ3v) is 5.15. The van der Waals surface area contributed by atoms with E-state index in [-0.39, 0.29) is 6.10 Å². The van der Waals surface area contributed by atoms with Gasteiger partial charge < -0.3 is 10.1 Å². The molecule has 116 valence electrons. The minimum absolute atomic E-state index is 0.224. The van der Waals surface area contributed by atoms with Crippen LogP contribution in [0.4, 0.5) is 5.69 Å². The molecule has 1 aromatic rings. The Balaban J connectivity index is 1.64. The highest BCUT2D eigenvalue weighted by Gasteiger charge is 2.32. The van der Waals surface area contributed by atoms with Crippen molar-refractivity contribution < 1.29 is 4.74 Å². The van der Waals surface area contributed by atoms with Gasteiger partial charge in [-0.25, -0.2) is 0 Å². The van der Waals surface area contributed by atoms with Gasteiger partial charge >= 0.3 is 0 Å². The molecule has 2 aliphatic rings. The summed E-state index contributed by atoms with van der Waals surface area (Å²) < 4.78 is 5.93. The second kappa shape index (κ2) is 6.72. The number of hydrogen-bond acceptors (Lipinski definition) is 2. The van der Waals surface area contributed by atoms with Crippen LogP contribution in [0.1, 0.15) is 58.8 Å². The molecule has 0 heterocycles. The fraction of sp³-hybridized carbons (Fsp3) is 0.684. The van der Waals surface area contributed by atoms with Gasteiger partial charge in [-0.1, -0.05) is 37.8 Å². The monoisotopic (exact) mass is 287 g/mol. The third kappa shape index (κ3) is 3.72. The Morgan fingerprint density at radius 1 is 1.00 bits per heavy atom. The average Bonchev–Trinajstić information content (AvgIpc) is 2.49. The van der Waals surface area contributed by atoms with Gasteiger partial charge in [-0.3, -0.25) is 0 Å². The summed E-state index contributed by atoms with van der Waals surface area (Å²) in [6.07, 6.45) is 10.1. The van der Waals surface area contributed by atoms with Crippen molar-refractivity contribution in [3.63, 3.8) is 0 Å². The van der Waals surface area contributed by atoms with Crippen molar-refractivity contribution in [2.45, 2.75) is 70.9 Å². The molecule has 0 aromatic heterocycles. The highest BCUT2D eigenvalue weighted by atomic mass is 16.5. The molecule has 0 radical (unpaired) electrons. The molecule has 2 fully saturated rings. The lowest BCUT2D eigenvalue weighted by molar-refractivity contribution is 0.162. The van der Waals surface area contributed by atoms with Crippen LogP contribution >= 0.6 is 0 Å². The van der Waals surface area contributed by atoms with E-state index in [1.807, 2.05) is 0 Å². The van der Waals surface area contributed by atoms with Crippen LogP contribution in [-0.4, -0.2) is 12.1 Å². The van der Waals surface area contributed by atoms with Crippen LogP contribution < -0.4 is 10.1 Å². The standard InChI is InChI=1S/C19H29NO/c1-14(2)21-19-10-6-5-9-18(19)20-17-12-11-15-7-3-4-8-16(15)13-17/h5-6,9-10,14-17,20H,3-4,7-8,11-13H2,1-2H3. The quantitative estimate of drug-likeness (QED) is 0.817. The Morgan fingerprint density at radius 2 is 1.76 bits per heavy atom. The van der Waals surface area contributed by atoms with Gasteiger partial charge in [0.15, 0.2) is 0 Å². The van der Waals surface area contributed by atoms with Crippen LogP contribution in [0.15, 0.2) is 24.3 Å². The minimum atomic E-state index is 0.224. The van der Waals surface area contributed by atoms with E-state index in [0.29, 0.717) is 6.04 Å². The van der Waals surface area contributed by atoms with Crippen molar-refractivity contribution in [1.29, 1.82) is 0 Å². The molecule has 21 heavy (non-hydrogen) atoms. The van der Waals surface area contributed by atoms with E-state index in [2.05, 4.69) is 43.4 Å². The van der Waals surface area contributed by atoms with Crippen molar-refractivity contribution >= 4 is 5.69 Å². The molecule has 2 aliphatic carbocycles. The number of nitrogens with one attached hydrogen (secondary N) is 1. The van der Waals surface area contributed by atoms with E-state index >= 15 is 0 Å². The van der Waals surface area contributed by atoms with Crippen molar-refractivity contribution in [3.8, 4) is 5.75 Å². The zero-order valence-corrected chi connectivity index (χ0v) is 13.5. The van der Waals surface area contributed by atoms with Gasteiger partial charge in [0.1, 0.15) is 5.75 Å². The topological polar surface area (TPSA) is 21.3 Å². The zero-order valence-electron chi connectivity index (χ0n) is 13.5. The first-order chi connectivity index (χ1) is 10.2. The van der Waals surface area contributed by atoms with Crippen molar-refractivity contribution in [2.75, 3.05) is 5.32 Å². The number of rotatable bonds is 4. The average molecular weight is 287 g/mol. The Kier molecular flexibility index (Phi) is 4.72. The van der Waals surface area contributed by atoms with E-state index in [4.69, 9.17) is 4.74 Å². The van der Waals surface area contributed by atoms with Gasteiger partial charge in [0, 0.05) is 6.04 Å². The lowest BCUT2D eigenvalue weighted by atomic mass is 9.69. The molecule has 0 bridgehead atoms. The Hall–Kier alpha value is -1.18. The molecule has 3 unspecified atom stereocenters. The van der Waals surface area contributed by atoms with Crippen LogP contribution in [0.2, 0.25) is 0 Å². The summed E-state index contributed by atoms with van der Waals surface area (Å²) in [5.41, 5.74) is 1.17. The summed E-state index contributed by atoms with van der Waals surface area (Å²) in [6, 6.07) is 9.02. The predicted octanol–water partition coefficient (Wildman–Crippen LogP) is 5.24. The number of hydrogen-bond donors (Lipinski definition) is 1. The Bertz CT molecular complexity index is 457. The molecule has 0 spiro atoms. The molecule has 3 rings (SSSR count). The molecular weight excluding hydrogens is 258 g/mol. The second-order valence-corrected chi connectivity index (χ2v) is 7.12. The first-order valence-electron chi connectivity index (χ1n) is 8.74. The number of ether oxygens (including phenoxy) is 1. The lowest BCUT2D eigenvalue weighted by Gasteiger charge is -2.40. The minimum Gasteiger partial charge on any atom is -0.489 e. The zero-order chi connectivity index (χ0) is 14.7. The fourth-order valence-corrected chi connectivity index (χ4v) is 4.17. The summed E-state index contributed by atoms with van der Waals surface area (Å²) in [7, 11) is 0. The van der Waals surface area contributed by atoms with Crippen LogP contribution in [0.5, 0.6) is 5.75 Å². The summed E-state index contributed by atoms with van der Waals surface area (Å²) in [6.45, 7) is 4.17. The van der Waals surface area contributed by atoms with Gasteiger partial charge in [-0.2, -0.15) is 0 Å². The SMILES string of the molecule is CC(C)Oc1ccccc1NC1CCC2CCCCC2C1. The smallest absolute Gasteiger partial charge is 0.142 e. The normalized spacial score (nSPS) is 29.0. The maximum absolute atomic E-state index is 5.93. The van der Waals surface area contributed by atoms with Crippen molar-refractivity contribution in [3.05, 3.63) is 24.3 Å². The summed E-state index contributed by atoms with van der Waals surface area (Å²) >= 11 is 0. The van der Waals surface area contributed by atoms with Crippen molar-refractivity contribution in [1.82, 2.24) is 0 Å².